The first-order valence-electron chi connectivity index (χ1n) is 6.39. The lowest BCUT2D eigenvalue weighted by molar-refractivity contribution is 0.684. The summed E-state index contributed by atoms with van der Waals surface area (Å²) >= 11 is 3.66. The van der Waals surface area contributed by atoms with E-state index in [1.807, 2.05) is 0 Å². The van der Waals surface area contributed by atoms with Crippen LogP contribution < -0.4 is 0 Å². The molecule has 1 aliphatic heterocycles. The molecule has 0 saturated carbocycles. The van der Waals surface area contributed by atoms with Crippen molar-refractivity contribution in [2.24, 2.45) is 0 Å². The summed E-state index contributed by atoms with van der Waals surface area (Å²) in [6, 6.07) is 6.47. The number of hydrogen-bond donors (Lipinski definition) is 0. The maximum Gasteiger partial charge on any atom is 0.0544 e. The monoisotopic (exact) mass is 276 g/mol. The van der Waals surface area contributed by atoms with Gasteiger partial charge in [-0.25, -0.2) is 0 Å². The number of halogens is 1. The van der Waals surface area contributed by atoms with Crippen molar-refractivity contribution in [1.29, 1.82) is 0 Å². The largest absolute Gasteiger partial charge is 0.0931 e. The molecule has 0 aliphatic carbocycles. The molecule has 1 heterocycles. The van der Waals surface area contributed by atoms with Gasteiger partial charge in [0.25, 0.3) is 0 Å². The molecule has 84 valence electrons. The molecule has 0 unspecified atom stereocenters. The smallest absolute Gasteiger partial charge is 0.0544 e. The van der Waals surface area contributed by atoms with Crippen molar-refractivity contribution in [1.82, 2.24) is 0 Å². The molecule has 0 N–H and O–H groups in total. The van der Waals surface area contributed by atoms with Crippen LogP contribution in [-0.2, 0) is 0 Å². The molecule has 0 bridgehead atoms. The van der Waals surface area contributed by atoms with Gasteiger partial charge in [-0.15, -0.1) is 0 Å². The van der Waals surface area contributed by atoms with E-state index in [1.54, 1.807) is 37.0 Å². The van der Waals surface area contributed by atoms with Crippen LogP contribution in [0.4, 0.5) is 0 Å². The maximum absolute atomic E-state index is 3.66. The third-order valence-corrected chi connectivity index (χ3v) is 10.5. The Morgan fingerprint density at radius 2 is 1.71 bits per heavy atom. The normalized spacial score (nSPS) is 21.0. The Morgan fingerprint density at radius 3 is 2.29 bits per heavy atom. The van der Waals surface area contributed by atoms with E-state index in [-0.39, 0.29) is 0 Å². The molecule has 0 atom stereocenters. The molecule has 0 amide bonds. The lowest BCUT2D eigenvalue weighted by Gasteiger charge is -2.35. The SMILES string of the molecule is CCCCC[Si]1(CCBr)CCCCC1. The van der Waals surface area contributed by atoms with Gasteiger partial charge in [0.2, 0.25) is 0 Å². The molecule has 14 heavy (non-hydrogen) atoms. The van der Waals surface area contributed by atoms with Gasteiger partial charge in [-0.2, -0.15) is 0 Å². The summed E-state index contributed by atoms with van der Waals surface area (Å²) in [4.78, 5) is 0. The van der Waals surface area contributed by atoms with Crippen LogP contribution in [0, 0.1) is 0 Å². The second-order valence-corrected chi connectivity index (χ2v) is 10.7. The lowest BCUT2D eigenvalue weighted by atomic mass is 10.3. The zero-order valence-corrected chi connectivity index (χ0v) is 12.2. The highest BCUT2D eigenvalue weighted by atomic mass is 79.9. The summed E-state index contributed by atoms with van der Waals surface area (Å²) in [6.45, 7) is 2.32. The van der Waals surface area contributed by atoms with Crippen molar-refractivity contribution in [2.45, 2.75) is 69.6 Å². The van der Waals surface area contributed by atoms with Crippen LogP contribution in [-0.4, -0.2) is 13.4 Å². The second kappa shape index (κ2) is 7.05. The predicted octanol–water partition coefficient (Wildman–Crippen LogP) is 5.20. The standard InChI is InChI=1S/C12H25BrSi/c1-2-3-5-9-14(12-8-13)10-6-4-7-11-14/h2-12H2,1H3. The number of hydrogen-bond acceptors (Lipinski definition) is 0. The number of unbranched alkanes of at least 4 members (excludes halogenated alkanes) is 2. The summed E-state index contributed by atoms with van der Waals surface area (Å²) in [6.07, 6.45) is 8.99. The van der Waals surface area contributed by atoms with Crippen molar-refractivity contribution >= 4 is 24.0 Å². The molecule has 0 spiro atoms. The summed E-state index contributed by atoms with van der Waals surface area (Å²) in [7, 11) is -0.767. The van der Waals surface area contributed by atoms with Crippen LogP contribution in [0.15, 0.2) is 0 Å². The third-order valence-electron chi connectivity index (χ3n) is 3.85. The Balaban J connectivity index is 2.34. The van der Waals surface area contributed by atoms with Gasteiger partial charge in [-0.05, 0) is 6.04 Å². The van der Waals surface area contributed by atoms with Crippen LogP contribution in [0.3, 0.4) is 0 Å². The first-order chi connectivity index (χ1) is 6.83. The van der Waals surface area contributed by atoms with Gasteiger partial charge in [0.05, 0.1) is 8.07 Å². The molecular weight excluding hydrogens is 252 g/mol. The fourth-order valence-corrected chi connectivity index (χ4v) is 10.3. The van der Waals surface area contributed by atoms with Gasteiger partial charge in [0.15, 0.2) is 0 Å². The molecular formula is C12H25BrSi. The predicted molar refractivity (Wildman–Crippen MR) is 72.2 cm³/mol. The molecule has 1 rings (SSSR count). The van der Waals surface area contributed by atoms with E-state index < -0.39 is 8.07 Å². The van der Waals surface area contributed by atoms with Gasteiger partial charge in [-0.3, -0.25) is 0 Å². The molecule has 0 aromatic rings. The Kier molecular flexibility index (Phi) is 6.43. The van der Waals surface area contributed by atoms with E-state index in [1.165, 1.54) is 31.0 Å². The molecule has 1 fully saturated rings. The van der Waals surface area contributed by atoms with Gasteiger partial charge >= 0.3 is 0 Å². The van der Waals surface area contributed by atoms with Crippen LogP contribution in [0.1, 0.15) is 45.4 Å². The second-order valence-electron chi connectivity index (χ2n) is 4.96. The highest BCUT2D eigenvalue weighted by molar-refractivity contribution is 9.09. The average molecular weight is 277 g/mol. The summed E-state index contributed by atoms with van der Waals surface area (Å²) in [5, 5.41) is 1.27. The highest BCUT2D eigenvalue weighted by Crippen LogP contribution is 2.36. The third kappa shape index (κ3) is 4.06. The maximum atomic E-state index is 3.66. The molecule has 1 aliphatic rings. The van der Waals surface area contributed by atoms with Crippen LogP contribution in [0.25, 0.3) is 0 Å². The van der Waals surface area contributed by atoms with E-state index in [9.17, 15) is 0 Å². The number of alkyl halides is 1. The molecule has 0 aromatic heterocycles. The Bertz CT molecular complexity index is 136. The van der Waals surface area contributed by atoms with E-state index in [0.717, 1.165) is 0 Å². The molecule has 0 nitrogen and oxygen atoms in total. The average Bonchev–Trinajstić information content (AvgIpc) is 2.20. The van der Waals surface area contributed by atoms with Crippen molar-refractivity contribution in [3.63, 3.8) is 0 Å². The van der Waals surface area contributed by atoms with Crippen LogP contribution in [0.2, 0.25) is 24.2 Å². The van der Waals surface area contributed by atoms with Crippen LogP contribution in [0.5, 0.6) is 0 Å². The topological polar surface area (TPSA) is 0 Å². The number of rotatable bonds is 6. The van der Waals surface area contributed by atoms with Crippen molar-refractivity contribution < 1.29 is 0 Å². The fraction of sp³-hybridized carbons (Fsp3) is 1.00. The Hall–Kier alpha value is 0.697. The highest BCUT2D eigenvalue weighted by Gasteiger charge is 2.32. The molecule has 0 aromatic carbocycles. The molecule has 1 saturated heterocycles. The van der Waals surface area contributed by atoms with E-state index in [0.29, 0.717) is 0 Å². The zero-order valence-electron chi connectivity index (χ0n) is 9.66. The quantitative estimate of drug-likeness (QED) is 0.355. The van der Waals surface area contributed by atoms with E-state index >= 15 is 0 Å². The van der Waals surface area contributed by atoms with E-state index in [4.69, 9.17) is 0 Å². The van der Waals surface area contributed by atoms with Crippen LogP contribution >= 0.6 is 15.9 Å². The first kappa shape index (κ1) is 12.8. The lowest BCUT2D eigenvalue weighted by Crippen LogP contribution is -2.36. The van der Waals surface area contributed by atoms with Gasteiger partial charge in [0.1, 0.15) is 0 Å². The van der Waals surface area contributed by atoms with Gasteiger partial charge in [0, 0.05) is 5.33 Å². The van der Waals surface area contributed by atoms with Crippen molar-refractivity contribution in [3.05, 3.63) is 0 Å². The van der Waals surface area contributed by atoms with Gasteiger partial charge < -0.3 is 0 Å². The Labute approximate surface area is 99.0 Å². The zero-order chi connectivity index (χ0) is 10.3. The van der Waals surface area contributed by atoms with Crippen molar-refractivity contribution in [3.8, 4) is 0 Å². The minimum Gasteiger partial charge on any atom is -0.0931 e. The summed E-state index contributed by atoms with van der Waals surface area (Å²) < 4.78 is 0. The van der Waals surface area contributed by atoms with E-state index in [2.05, 4.69) is 22.9 Å². The fourth-order valence-electron chi connectivity index (χ4n) is 2.88. The molecule has 2 heteroatoms. The summed E-state index contributed by atoms with van der Waals surface area (Å²) in [5.41, 5.74) is 0. The first-order valence-corrected chi connectivity index (χ1v) is 10.3. The minimum atomic E-state index is -0.767. The summed E-state index contributed by atoms with van der Waals surface area (Å²) in [5.74, 6) is 0. The van der Waals surface area contributed by atoms with Crippen molar-refractivity contribution in [2.75, 3.05) is 5.33 Å². The minimum absolute atomic E-state index is 0.767. The Morgan fingerprint density at radius 1 is 1.00 bits per heavy atom. The molecule has 0 radical (unpaired) electrons. The van der Waals surface area contributed by atoms with Gasteiger partial charge in [-0.1, -0.05) is 79.5 Å².